The van der Waals surface area contributed by atoms with Crippen LogP contribution in [0.2, 0.25) is 5.02 Å². The van der Waals surface area contributed by atoms with E-state index in [0.717, 1.165) is 22.5 Å². The lowest BCUT2D eigenvalue weighted by Gasteiger charge is -2.23. The van der Waals surface area contributed by atoms with E-state index in [2.05, 4.69) is 0 Å². The lowest BCUT2D eigenvalue weighted by atomic mass is 10.2. The van der Waals surface area contributed by atoms with Crippen molar-refractivity contribution < 1.29 is 21.6 Å². The highest BCUT2D eigenvalue weighted by atomic mass is 35.5. The van der Waals surface area contributed by atoms with Crippen molar-refractivity contribution >= 4 is 21.6 Å². The van der Waals surface area contributed by atoms with Crippen molar-refractivity contribution in [3.8, 4) is 0 Å². The molecule has 0 fully saturated rings. The Hall–Kier alpha value is -1.57. The second kappa shape index (κ2) is 7.13. The maximum Gasteiger partial charge on any atom is 0.417 e. The first-order valence-corrected chi connectivity index (χ1v) is 8.89. The molecule has 0 radical (unpaired) electrons. The Labute approximate surface area is 143 Å². The van der Waals surface area contributed by atoms with Crippen molar-refractivity contribution in [3.05, 3.63) is 64.7 Å². The van der Waals surface area contributed by atoms with Gasteiger partial charge in [-0.3, -0.25) is 0 Å². The second-order valence-electron chi connectivity index (χ2n) is 5.02. The predicted molar refractivity (Wildman–Crippen MR) is 86.2 cm³/mol. The van der Waals surface area contributed by atoms with Crippen molar-refractivity contribution in [1.82, 2.24) is 4.31 Å². The van der Waals surface area contributed by atoms with Crippen LogP contribution in [0.1, 0.15) is 18.1 Å². The number of rotatable bonds is 5. The number of hydrogen-bond donors (Lipinski definition) is 0. The van der Waals surface area contributed by atoms with Gasteiger partial charge in [0.05, 0.1) is 10.5 Å². The first kappa shape index (κ1) is 18.8. The van der Waals surface area contributed by atoms with Gasteiger partial charge in [-0.1, -0.05) is 48.9 Å². The number of halogens is 4. The third kappa shape index (κ3) is 3.91. The molecule has 2 aromatic rings. The summed E-state index contributed by atoms with van der Waals surface area (Å²) in [5.74, 6) is 0. The summed E-state index contributed by atoms with van der Waals surface area (Å²) < 4.78 is 65.8. The molecule has 0 aliphatic rings. The predicted octanol–water partition coefficient (Wildman–Crippen LogP) is 4.57. The molecule has 0 saturated carbocycles. The third-order valence-electron chi connectivity index (χ3n) is 3.47. The van der Waals surface area contributed by atoms with Gasteiger partial charge in [-0.05, 0) is 23.8 Å². The van der Waals surface area contributed by atoms with E-state index in [9.17, 15) is 21.6 Å². The summed E-state index contributed by atoms with van der Waals surface area (Å²) in [5.41, 5.74) is -0.656. The quantitative estimate of drug-likeness (QED) is 0.765. The van der Waals surface area contributed by atoms with E-state index in [-0.39, 0.29) is 13.1 Å². The van der Waals surface area contributed by atoms with Gasteiger partial charge in [-0.25, -0.2) is 8.42 Å². The maximum atomic E-state index is 13.1. The fourth-order valence-corrected chi connectivity index (χ4v) is 4.08. The Morgan fingerprint density at radius 1 is 1.04 bits per heavy atom. The molecule has 0 N–H and O–H groups in total. The molecule has 0 atom stereocenters. The van der Waals surface area contributed by atoms with Gasteiger partial charge in [0.1, 0.15) is 0 Å². The smallest absolute Gasteiger partial charge is 0.207 e. The summed E-state index contributed by atoms with van der Waals surface area (Å²) in [7, 11) is -4.33. The molecule has 0 bridgehead atoms. The molecule has 2 aromatic carbocycles. The van der Waals surface area contributed by atoms with Gasteiger partial charge in [0.2, 0.25) is 10.0 Å². The Morgan fingerprint density at radius 3 is 2.21 bits per heavy atom. The summed E-state index contributed by atoms with van der Waals surface area (Å²) in [6, 6.07) is 10.8. The van der Waals surface area contributed by atoms with Crippen LogP contribution < -0.4 is 0 Å². The molecule has 0 saturated heterocycles. The Bertz CT molecular complexity index is 822. The third-order valence-corrected chi connectivity index (χ3v) is 5.82. The van der Waals surface area contributed by atoms with Gasteiger partial charge in [0.25, 0.3) is 0 Å². The zero-order chi connectivity index (χ0) is 18.0. The second-order valence-corrected chi connectivity index (χ2v) is 7.33. The molecule has 0 aliphatic heterocycles. The maximum absolute atomic E-state index is 13.1. The number of alkyl halides is 3. The first-order chi connectivity index (χ1) is 11.2. The average molecular weight is 378 g/mol. The minimum Gasteiger partial charge on any atom is -0.207 e. The van der Waals surface area contributed by atoms with Gasteiger partial charge in [0.15, 0.2) is 0 Å². The summed E-state index contributed by atoms with van der Waals surface area (Å²) in [6.07, 6.45) is -4.76. The molecule has 8 heteroatoms. The summed E-state index contributed by atoms with van der Waals surface area (Å²) in [5, 5.41) is 0.357. The van der Waals surface area contributed by atoms with E-state index < -0.39 is 26.7 Å². The lowest BCUT2D eigenvalue weighted by molar-refractivity contribution is -0.139. The topological polar surface area (TPSA) is 37.4 Å². The van der Waals surface area contributed by atoms with Crippen LogP contribution in [0.25, 0.3) is 0 Å². The molecule has 0 spiro atoms. The Morgan fingerprint density at radius 2 is 1.62 bits per heavy atom. The number of hydrogen-bond acceptors (Lipinski definition) is 2. The molecule has 130 valence electrons. The van der Waals surface area contributed by atoms with Crippen molar-refractivity contribution in [1.29, 1.82) is 0 Å². The van der Waals surface area contributed by atoms with Gasteiger partial charge in [-0.15, -0.1) is 0 Å². The Balaban J connectivity index is 2.47. The highest BCUT2D eigenvalue weighted by molar-refractivity contribution is 7.89. The fraction of sp³-hybridized carbons (Fsp3) is 0.250. The summed E-state index contributed by atoms with van der Waals surface area (Å²) >= 11 is 6.02. The van der Waals surface area contributed by atoms with Crippen molar-refractivity contribution in [3.63, 3.8) is 0 Å². The number of sulfonamides is 1. The highest BCUT2D eigenvalue weighted by Crippen LogP contribution is 2.35. The van der Waals surface area contributed by atoms with Crippen molar-refractivity contribution in [2.45, 2.75) is 24.5 Å². The van der Waals surface area contributed by atoms with E-state index in [0.29, 0.717) is 10.6 Å². The molecular weight excluding hydrogens is 363 g/mol. The monoisotopic (exact) mass is 377 g/mol. The van der Waals surface area contributed by atoms with Crippen LogP contribution >= 0.6 is 11.6 Å². The molecule has 0 amide bonds. The van der Waals surface area contributed by atoms with Gasteiger partial charge < -0.3 is 0 Å². The SMILES string of the molecule is CCN(Cc1ccccc1Cl)S(=O)(=O)c1ccccc1C(F)(F)F. The van der Waals surface area contributed by atoms with E-state index >= 15 is 0 Å². The lowest BCUT2D eigenvalue weighted by Crippen LogP contribution is -2.32. The zero-order valence-electron chi connectivity index (χ0n) is 12.7. The van der Waals surface area contributed by atoms with Crippen LogP contribution in [-0.4, -0.2) is 19.3 Å². The van der Waals surface area contributed by atoms with Crippen LogP contribution in [0.15, 0.2) is 53.4 Å². The van der Waals surface area contributed by atoms with E-state index in [1.807, 2.05) is 0 Å². The fourth-order valence-electron chi connectivity index (χ4n) is 2.25. The van der Waals surface area contributed by atoms with Crippen LogP contribution in [0.4, 0.5) is 13.2 Å². The van der Waals surface area contributed by atoms with E-state index in [4.69, 9.17) is 11.6 Å². The molecule has 0 aromatic heterocycles. The molecule has 3 nitrogen and oxygen atoms in total. The molecule has 0 heterocycles. The largest absolute Gasteiger partial charge is 0.417 e. The first-order valence-electron chi connectivity index (χ1n) is 7.07. The van der Waals surface area contributed by atoms with Crippen molar-refractivity contribution in [2.24, 2.45) is 0 Å². The normalized spacial score (nSPS) is 12.6. The summed E-state index contributed by atoms with van der Waals surface area (Å²) in [4.78, 5) is -0.758. The minimum atomic E-state index is -4.76. The number of nitrogens with zero attached hydrogens (tertiary/aromatic N) is 1. The average Bonchev–Trinajstić information content (AvgIpc) is 2.53. The van der Waals surface area contributed by atoms with Crippen LogP contribution in [0.5, 0.6) is 0 Å². The Kier molecular flexibility index (Phi) is 5.57. The molecule has 0 unspecified atom stereocenters. The van der Waals surface area contributed by atoms with Gasteiger partial charge >= 0.3 is 6.18 Å². The number of benzene rings is 2. The minimum absolute atomic E-state index is 0.0136. The van der Waals surface area contributed by atoms with Crippen LogP contribution in [0, 0.1) is 0 Å². The zero-order valence-corrected chi connectivity index (χ0v) is 14.3. The van der Waals surface area contributed by atoms with Crippen molar-refractivity contribution in [2.75, 3.05) is 6.54 Å². The van der Waals surface area contributed by atoms with Crippen LogP contribution in [-0.2, 0) is 22.7 Å². The molecular formula is C16H15ClF3NO2S. The highest BCUT2D eigenvalue weighted by Gasteiger charge is 2.38. The van der Waals surface area contributed by atoms with E-state index in [1.54, 1.807) is 31.2 Å². The van der Waals surface area contributed by atoms with Gasteiger partial charge in [0, 0.05) is 18.1 Å². The van der Waals surface area contributed by atoms with Gasteiger partial charge in [-0.2, -0.15) is 17.5 Å². The molecule has 2 rings (SSSR count). The standard InChI is InChI=1S/C16H15ClF3NO2S/c1-2-21(11-12-7-3-5-9-14(12)17)24(22,23)15-10-6-4-8-13(15)16(18,19)20/h3-10H,2,11H2,1H3. The van der Waals surface area contributed by atoms with E-state index in [1.165, 1.54) is 6.07 Å². The molecule has 24 heavy (non-hydrogen) atoms. The molecule has 0 aliphatic carbocycles. The van der Waals surface area contributed by atoms with Crippen LogP contribution in [0.3, 0.4) is 0 Å². The summed E-state index contributed by atoms with van der Waals surface area (Å²) in [6.45, 7) is 1.47.